The second-order valence-electron chi connectivity index (χ2n) is 8.53. The highest BCUT2D eigenvalue weighted by atomic mass is 16.5. The first-order chi connectivity index (χ1) is 17.2. The molecule has 0 aromatic heterocycles. The fourth-order valence-electron chi connectivity index (χ4n) is 4.65. The maximum Gasteiger partial charge on any atom is 0.161 e. The van der Waals surface area contributed by atoms with Crippen molar-refractivity contribution in [1.29, 1.82) is 0 Å². The number of rotatable bonds is 10. The van der Waals surface area contributed by atoms with E-state index in [2.05, 4.69) is 34.5 Å². The highest BCUT2D eigenvalue weighted by Gasteiger charge is 2.30. The first-order valence-corrected chi connectivity index (χ1v) is 12.3. The summed E-state index contributed by atoms with van der Waals surface area (Å²) in [6.07, 6.45) is 1.07. The fraction of sp³-hybridized carbons (Fsp3) is 0.379. The number of nitrogens with zero attached hydrogens (tertiary/aromatic N) is 1. The zero-order valence-electron chi connectivity index (χ0n) is 21.0. The predicted octanol–water partition coefficient (Wildman–Crippen LogP) is 5.07. The van der Waals surface area contributed by atoms with E-state index in [0.29, 0.717) is 13.2 Å². The Morgan fingerprint density at radius 1 is 0.800 bits per heavy atom. The van der Waals surface area contributed by atoms with Crippen LogP contribution in [0.2, 0.25) is 0 Å². The molecule has 6 nitrogen and oxygen atoms in total. The summed E-state index contributed by atoms with van der Waals surface area (Å²) in [5, 5.41) is 3.52. The molecule has 3 aromatic rings. The maximum absolute atomic E-state index is 6.17. The molecule has 0 aliphatic carbocycles. The van der Waals surface area contributed by atoms with Crippen LogP contribution in [0.1, 0.15) is 36.1 Å². The molecule has 1 fully saturated rings. The lowest BCUT2D eigenvalue weighted by Gasteiger charge is -2.33. The molecule has 3 aromatic carbocycles. The third kappa shape index (κ3) is 6.08. The Labute approximate surface area is 208 Å². The van der Waals surface area contributed by atoms with Crippen LogP contribution in [-0.4, -0.2) is 51.9 Å². The summed E-state index contributed by atoms with van der Waals surface area (Å²) < 4.78 is 23.9. The molecule has 1 N–H and O–H groups in total. The normalized spacial score (nSPS) is 15.2. The van der Waals surface area contributed by atoms with Crippen LogP contribution in [0.5, 0.6) is 23.0 Å². The van der Waals surface area contributed by atoms with E-state index in [9.17, 15) is 0 Å². The van der Waals surface area contributed by atoms with E-state index in [1.54, 1.807) is 14.2 Å². The van der Waals surface area contributed by atoms with Crippen LogP contribution in [0.15, 0.2) is 66.7 Å². The van der Waals surface area contributed by atoms with Crippen molar-refractivity contribution < 1.29 is 18.9 Å². The van der Waals surface area contributed by atoms with Gasteiger partial charge in [0.25, 0.3) is 0 Å². The molecule has 1 unspecified atom stereocenters. The van der Waals surface area contributed by atoms with Gasteiger partial charge in [0.2, 0.25) is 0 Å². The molecule has 0 spiro atoms. The first-order valence-electron chi connectivity index (χ1n) is 12.3. The molecule has 186 valence electrons. The van der Waals surface area contributed by atoms with Gasteiger partial charge in [0.15, 0.2) is 11.5 Å². The van der Waals surface area contributed by atoms with Gasteiger partial charge in [-0.1, -0.05) is 42.5 Å². The Kier molecular flexibility index (Phi) is 8.87. The fourth-order valence-corrected chi connectivity index (χ4v) is 4.65. The van der Waals surface area contributed by atoms with Crippen molar-refractivity contribution in [2.75, 3.05) is 47.0 Å². The second kappa shape index (κ2) is 12.5. The summed E-state index contributed by atoms with van der Waals surface area (Å²) in [5.41, 5.74) is 3.26. The van der Waals surface area contributed by atoms with E-state index in [-0.39, 0.29) is 6.04 Å². The van der Waals surface area contributed by atoms with Crippen LogP contribution in [0, 0.1) is 0 Å². The van der Waals surface area contributed by atoms with E-state index < -0.39 is 0 Å². The van der Waals surface area contributed by atoms with Crippen molar-refractivity contribution in [3.63, 3.8) is 0 Å². The Morgan fingerprint density at radius 2 is 1.57 bits per heavy atom. The number of hydrogen-bond donors (Lipinski definition) is 1. The topological polar surface area (TPSA) is 52.2 Å². The summed E-state index contributed by atoms with van der Waals surface area (Å²) in [5.74, 6) is 3.11. The van der Waals surface area contributed by atoms with Gasteiger partial charge in [-0.2, -0.15) is 0 Å². The van der Waals surface area contributed by atoms with E-state index in [1.807, 2.05) is 49.4 Å². The molecule has 0 saturated carbocycles. The molecule has 1 aliphatic rings. The van der Waals surface area contributed by atoms with Gasteiger partial charge in [-0.05, 0) is 55.3 Å². The van der Waals surface area contributed by atoms with Crippen LogP contribution in [0.4, 0.5) is 0 Å². The monoisotopic (exact) mass is 476 g/mol. The third-order valence-corrected chi connectivity index (χ3v) is 6.30. The first kappa shape index (κ1) is 24.9. The number of methoxy groups -OCH3 is 2. The maximum atomic E-state index is 6.17. The summed E-state index contributed by atoms with van der Waals surface area (Å²) in [6, 6.07) is 22.4. The second-order valence-corrected chi connectivity index (χ2v) is 8.53. The zero-order valence-corrected chi connectivity index (χ0v) is 21.0. The molecular formula is C29H36N2O4. The van der Waals surface area contributed by atoms with Crippen molar-refractivity contribution in [1.82, 2.24) is 10.2 Å². The van der Waals surface area contributed by atoms with Crippen molar-refractivity contribution in [2.24, 2.45) is 0 Å². The largest absolute Gasteiger partial charge is 0.496 e. The number of ether oxygens (including phenoxy) is 4. The van der Waals surface area contributed by atoms with Gasteiger partial charge in [0.05, 0.1) is 32.4 Å². The minimum Gasteiger partial charge on any atom is -0.496 e. The minimum atomic E-state index is -0.0524. The average Bonchev–Trinajstić information content (AvgIpc) is 3.19. The minimum absolute atomic E-state index is 0.0524. The smallest absolute Gasteiger partial charge is 0.161 e. The van der Waals surface area contributed by atoms with Crippen molar-refractivity contribution in [2.45, 2.75) is 26.0 Å². The van der Waals surface area contributed by atoms with Gasteiger partial charge in [0.1, 0.15) is 18.1 Å². The van der Waals surface area contributed by atoms with Gasteiger partial charge >= 0.3 is 0 Å². The zero-order chi connectivity index (χ0) is 24.5. The molecule has 0 bridgehead atoms. The molecule has 1 saturated heterocycles. The van der Waals surface area contributed by atoms with Gasteiger partial charge in [-0.25, -0.2) is 0 Å². The Hall–Kier alpha value is -3.22. The average molecular weight is 477 g/mol. The van der Waals surface area contributed by atoms with Crippen LogP contribution in [0.25, 0.3) is 0 Å². The van der Waals surface area contributed by atoms with Gasteiger partial charge in [-0.15, -0.1) is 0 Å². The van der Waals surface area contributed by atoms with Crippen molar-refractivity contribution >= 4 is 0 Å². The lowest BCUT2D eigenvalue weighted by Crippen LogP contribution is -2.33. The summed E-state index contributed by atoms with van der Waals surface area (Å²) in [6.45, 7) is 6.88. The van der Waals surface area contributed by atoms with Crippen LogP contribution < -0.4 is 24.3 Å². The van der Waals surface area contributed by atoms with Gasteiger partial charge in [-0.3, -0.25) is 4.90 Å². The van der Waals surface area contributed by atoms with Crippen LogP contribution in [-0.2, 0) is 6.61 Å². The van der Waals surface area contributed by atoms with Crippen molar-refractivity contribution in [3.8, 4) is 23.0 Å². The quantitative estimate of drug-likeness (QED) is 0.441. The number of nitrogens with one attached hydrogen (secondary N) is 1. The van der Waals surface area contributed by atoms with Gasteiger partial charge < -0.3 is 24.3 Å². The molecule has 35 heavy (non-hydrogen) atoms. The molecule has 0 radical (unpaired) electrons. The summed E-state index contributed by atoms with van der Waals surface area (Å²) >= 11 is 0. The van der Waals surface area contributed by atoms with E-state index in [4.69, 9.17) is 18.9 Å². The molecule has 4 rings (SSSR count). The number of benzene rings is 3. The van der Waals surface area contributed by atoms with Crippen LogP contribution >= 0.6 is 0 Å². The molecule has 1 aliphatic heterocycles. The Bertz CT molecular complexity index is 1040. The standard InChI is InChI=1S/C29H36N2O4/c1-4-34-27-20-23(14-15-24(27)35-21-22-10-6-5-7-11-22)29(31-18-9-16-30-17-19-31)28-25(32-2)12-8-13-26(28)33-3/h5-8,10-15,20,29-30H,4,9,16-19,21H2,1-3H3. The predicted molar refractivity (Wildman–Crippen MR) is 139 cm³/mol. The summed E-state index contributed by atoms with van der Waals surface area (Å²) in [7, 11) is 3.43. The molecule has 1 atom stereocenters. The SMILES string of the molecule is CCOc1cc(C(c2c(OC)cccc2OC)N2CCCNCC2)ccc1OCc1ccccc1. The van der Waals surface area contributed by atoms with Gasteiger partial charge in [0, 0.05) is 19.6 Å². The molecular weight excluding hydrogens is 440 g/mol. The molecule has 6 heteroatoms. The Morgan fingerprint density at radius 3 is 2.29 bits per heavy atom. The van der Waals surface area contributed by atoms with E-state index in [1.165, 1.54) is 0 Å². The van der Waals surface area contributed by atoms with E-state index in [0.717, 1.165) is 72.3 Å². The molecule has 0 amide bonds. The lowest BCUT2D eigenvalue weighted by atomic mass is 9.94. The lowest BCUT2D eigenvalue weighted by molar-refractivity contribution is 0.229. The van der Waals surface area contributed by atoms with Crippen LogP contribution in [0.3, 0.4) is 0 Å². The third-order valence-electron chi connectivity index (χ3n) is 6.30. The highest BCUT2D eigenvalue weighted by molar-refractivity contribution is 5.53. The highest BCUT2D eigenvalue weighted by Crippen LogP contribution is 2.43. The summed E-state index contributed by atoms with van der Waals surface area (Å²) in [4.78, 5) is 2.50. The van der Waals surface area contributed by atoms with Crippen molar-refractivity contribution in [3.05, 3.63) is 83.4 Å². The number of hydrogen-bond acceptors (Lipinski definition) is 6. The Balaban J connectivity index is 1.75. The molecule has 1 heterocycles. The van der Waals surface area contributed by atoms with E-state index >= 15 is 0 Å².